The molecule has 0 aliphatic carbocycles. The minimum atomic E-state index is -1.69. The smallest absolute Gasteiger partial charge is 0.184 e. The second kappa shape index (κ2) is 9.53. The molecule has 0 spiro atoms. The summed E-state index contributed by atoms with van der Waals surface area (Å²) in [5, 5.41) is 12.6. The van der Waals surface area contributed by atoms with Gasteiger partial charge in [-0.2, -0.15) is 0 Å². The lowest BCUT2D eigenvalue weighted by atomic mass is 10.0. The third-order valence-electron chi connectivity index (χ3n) is 5.11. The quantitative estimate of drug-likeness (QED) is 0.453. The van der Waals surface area contributed by atoms with Gasteiger partial charge in [-0.15, -0.1) is 5.10 Å². The molecule has 30 heavy (non-hydrogen) atoms. The molecule has 2 aromatic carbocycles. The molecular weight excluding hydrogens is 392 g/mol. The van der Waals surface area contributed by atoms with Gasteiger partial charge in [0.05, 0.1) is 6.61 Å². The molecule has 7 heteroatoms. The maximum atomic E-state index is 6.05. The van der Waals surface area contributed by atoms with Gasteiger partial charge in [0.15, 0.2) is 5.82 Å². The summed E-state index contributed by atoms with van der Waals surface area (Å²) in [6, 6.07) is 14.5. The van der Waals surface area contributed by atoms with Crippen LogP contribution in [0, 0.1) is 13.8 Å². The summed E-state index contributed by atoms with van der Waals surface area (Å²) in [5.41, 5.74) is 4.62. The molecule has 0 radical (unpaired) electrons. The van der Waals surface area contributed by atoms with Crippen LogP contribution in [0.15, 0.2) is 42.5 Å². The molecule has 1 heterocycles. The average molecular weight is 425 g/mol. The average Bonchev–Trinajstić information content (AvgIpc) is 3.17. The van der Waals surface area contributed by atoms with Gasteiger partial charge in [-0.25, -0.2) is 4.68 Å². The zero-order chi connectivity index (χ0) is 21.7. The van der Waals surface area contributed by atoms with E-state index < -0.39 is 8.07 Å². The lowest BCUT2D eigenvalue weighted by Gasteiger charge is -2.29. The fourth-order valence-corrected chi connectivity index (χ4v) is 5.03. The number of tetrazole rings is 1. The first-order valence-corrected chi connectivity index (χ1v) is 14.1. The van der Waals surface area contributed by atoms with Crippen molar-refractivity contribution in [1.82, 2.24) is 20.2 Å². The highest BCUT2D eigenvalue weighted by Crippen LogP contribution is 2.28. The number of nitrogens with zero attached hydrogens (tertiary/aromatic N) is 4. The van der Waals surface area contributed by atoms with E-state index in [2.05, 4.69) is 73.3 Å². The van der Waals surface area contributed by atoms with Gasteiger partial charge in [-0.3, -0.25) is 0 Å². The molecule has 0 amide bonds. The van der Waals surface area contributed by atoms with E-state index in [9.17, 15) is 0 Å². The molecule has 0 saturated carbocycles. The van der Waals surface area contributed by atoms with Gasteiger partial charge in [0.2, 0.25) is 0 Å². The molecule has 160 valence electrons. The van der Waals surface area contributed by atoms with Crippen LogP contribution in [0.2, 0.25) is 19.6 Å². The SMILES string of the molecule is CCOC(n1nnnc1-c1ccc(C)c(CCOc2ccccc2C)c1)[Si](C)(C)C. The third kappa shape index (κ3) is 5.15. The third-order valence-corrected chi connectivity index (χ3v) is 7.00. The number of hydrogen-bond donors (Lipinski definition) is 0. The van der Waals surface area contributed by atoms with Crippen molar-refractivity contribution in [1.29, 1.82) is 0 Å². The molecule has 0 aliphatic heterocycles. The van der Waals surface area contributed by atoms with Crippen molar-refractivity contribution >= 4 is 8.07 Å². The summed E-state index contributed by atoms with van der Waals surface area (Å²) >= 11 is 0. The second-order valence-corrected chi connectivity index (χ2v) is 13.9. The van der Waals surface area contributed by atoms with Gasteiger partial charge in [0.25, 0.3) is 0 Å². The van der Waals surface area contributed by atoms with Gasteiger partial charge >= 0.3 is 0 Å². The van der Waals surface area contributed by atoms with Crippen molar-refractivity contribution in [3.05, 3.63) is 59.2 Å². The van der Waals surface area contributed by atoms with Gasteiger partial charge in [0, 0.05) is 18.6 Å². The van der Waals surface area contributed by atoms with Crippen molar-refractivity contribution < 1.29 is 9.47 Å². The van der Waals surface area contributed by atoms with E-state index in [0.717, 1.165) is 29.1 Å². The largest absolute Gasteiger partial charge is 0.493 e. The van der Waals surface area contributed by atoms with Crippen LogP contribution in [0.3, 0.4) is 0 Å². The van der Waals surface area contributed by atoms with Crippen LogP contribution in [0.4, 0.5) is 0 Å². The number of aromatic nitrogens is 4. The Morgan fingerprint density at radius 2 is 1.80 bits per heavy atom. The van der Waals surface area contributed by atoms with E-state index in [1.54, 1.807) is 0 Å². The minimum Gasteiger partial charge on any atom is -0.493 e. The molecule has 0 N–H and O–H groups in total. The molecular formula is C23H32N4O2Si. The Balaban J connectivity index is 1.82. The van der Waals surface area contributed by atoms with Crippen molar-refractivity contribution in [3.63, 3.8) is 0 Å². The molecule has 0 saturated heterocycles. The normalized spacial score (nSPS) is 12.7. The summed E-state index contributed by atoms with van der Waals surface area (Å²) in [5.74, 6) is 1.57. The summed E-state index contributed by atoms with van der Waals surface area (Å²) in [4.78, 5) is 0. The molecule has 3 aromatic rings. The first-order valence-electron chi connectivity index (χ1n) is 10.5. The van der Waals surface area contributed by atoms with Crippen molar-refractivity contribution in [3.8, 4) is 17.1 Å². The van der Waals surface area contributed by atoms with Crippen LogP contribution in [0.5, 0.6) is 5.75 Å². The molecule has 1 atom stereocenters. The van der Waals surface area contributed by atoms with Crippen LogP contribution in [0.25, 0.3) is 11.4 Å². The standard InChI is InChI=1S/C23H32N4O2Si/c1-7-28-23(30(4,5)6)27-22(24-25-26-27)20-13-12-17(2)19(16-20)14-15-29-21-11-9-8-10-18(21)3/h8-13,16,23H,7,14-15H2,1-6H3. The molecule has 0 fully saturated rings. The minimum absolute atomic E-state index is 0.110. The first kappa shape index (κ1) is 22.2. The Morgan fingerprint density at radius 3 is 2.50 bits per heavy atom. The predicted octanol–water partition coefficient (Wildman–Crippen LogP) is 4.99. The Morgan fingerprint density at radius 1 is 1.03 bits per heavy atom. The maximum absolute atomic E-state index is 6.05. The number of hydrogen-bond acceptors (Lipinski definition) is 5. The molecule has 1 unspecified atom stereocenters. The van der Waals surface area contributed by atoms with Crippen LogP contribution in [-0.4, -0.2) is 41.5 Å². The first-order chi connectivity index (χ1) is 14.3. The van der Waals surface area contributed by atoms with Gasteiger partial charge < -0.3 is 9.47 Å². The van der Waals surface area contributed by atoms with Crippen LogP contribution in [0.1, 0.15) is 29.5 Å². The van der Waals surface area contributed by atoms with E-state index in [4.69, 9.17) is 9.47 Å². The fourth-order valence-electron chi connectivity index (χ4n) is 3.46. The van der Waals surface area contributed by atoms with E-state index in [-0.39, 0.29) is 5.85 Å². The van der Waals surface area contributed by atoms with Crippen LogP contribution in [-0.2, 0) is 11.2 Å². The summed E-state index contributed by atoms with van der Waals surface area (Å²) < 4.78 is 13.9. The van der Waals surface area contributed by atoms with Gasteiger partial charge in [0.1, 0.15) is 19.7 Å². The predicted molar refractivity (Wildman–Crippen MR) is 122 cm³/mol. The lowest BCUT2D eigenvalue weighted by Crippen LogP contribution is -2.38. The number of rotatable bonds is 9. The van der Waals surface area contributed by atoms with Gasteiger partial charge in [-0.1, -0.05) is 50.0 Å². The molecule has 6 nitrogen and oxygen atoms in total. The zero-order valence-corrected chi connectivity index (χ0v) is 19.8. The highest BCUT2D eigenvalue weighted by molar-refractivity contribution is 6.76. The Kier molecular flexibility index (Phi) is 7.05. The molecule has 0 aliphatic rings. The highest BCUT2D eigenvalue weighted by atomic mass is 28.3. The molecule has 3 rings (SSSR count). The van der Waals surface area contributed by atoms with Crippen molar-refractivity contribution in [2.45, 2.75) is 52.7 Å². The fraction of sp³-hybridized carbons (Fsp3) is 0.435. The number of benzene rings is 2. The Bertz CT molecular complexity index is 981. The van der Waals surface area contributed by atoms with Crippen LogP contribution < -0.4 is 4.74 Å². The maximum Gasteiger partial charge on any atom is 0.184 e. The Labute approximate surface area is 180 Å². The monoisotopic (exact) mass is 424 g/mol. The Hall–Kier alpha value is -2.51. The second-order valence-electron chi connectivity index (χ2n) is 8.63. The van der Waals surface area contributed by atoms with E-state index in [1.165, 1.54) is 11.1 Å². The van der Waals surface area contributed by atoms with E-state index in [0.29, 0.717) is 13.2 Å². The van der Waals surface area contributed by atoms with Crippen molar-refractivity contribution in [2.75, 3.05) is 13.2 Å². The van der Waals surface area contributed by atoms with E-state index >= 15 is 0 Å². The summed E-state index contributed by atoms with van der Waals surface area (Å²) in [7, 11) is -1.69. The molecule has 1 aromatic heterocycles. The topological polar surface area (TPSA) is 62.1 Å². The van der Waals surface area contributed by atoms with Crippen molar-refractivity contribution in [2.24, 2.45) is 0 Å². The summed E-state index contributed by atoms with van der Waals surface area (Å²) in [6.07, 6.45) is 0.818. The van der Waals surface area contributed by atoms with Gasteiger partial charge in [-0.05, 0) is 60.0 Å². The van der Waals surface area contributed by atoms with Crippen LogP contribution >= 0.6 is 0 Å². The zero-order valence-electron chi connectivity index (χ0n) is 18.8. The summed E-state index contributed by atoms with van der Waals surface area (Å²) in [6.45, 7) is 14.2. The van der Waals surface area contributed by atoms with E-state index in [1.807, 2.05) is 29.8 Å². The highest BCUT2D eigenvalue weighted by Gasteiger charge is 2.32. The number of ether oxygens (including phenoxy) is 2. The lowest BCUT2D eigenvalue weighted by molar-refractivity contribution is 0.0548. The number of aryl methyl sites for hydroxylation is 2. The number of para-hydroxylation sites is 1. The molecule has 0 bridgehead atoms.